The van der Waals surface area contributed by atoms with Gasteiger partial charge in [0.2, 0.25) is 0 Å². The van der Waals surface area contributed by atoms with E-state index in [0.29, 0.717) is 35.7 Å². The molecule has 2 aromatic carbocycles. The van der Waals surface area contributed by atoms with Gasteiger partial charge in [0.1, 0.15) is 28.7 Å². The number of nitrogens with one attached hydrogen (secondary N) is 2. The SMILES string of the molecule is CCN(C(=O)c1cc2cc(C#N)ccc2[nH]1)[C@H]1CCC[C@@H](NCc2oc3ccccc3c2C#N)C1. The van der Waals surface area contributed by atoms with Crippen molar-refractivity contribution in [2.24, 2.45) is 0 Å². The van der Waals surface area contributed by atoms with Crippen molar-refractivity contribution in [2.45, 2.75) is 51.2 Å². The van der Waals surface area contributed by atoms with Gasteiger partial charge >= 0.3 is 0 Å². The van der Waals surface area contributed by atoms with Crippen LogP contribution in [0.2, 0.25) is 0 Å². The first-order valence-electron chi connectivity index (χ1n) is 12.1. The fourth-order valence-corrected chi connectivity index (χ4v) is 5.25. The van der Waals surface area contributed by atoms with E-state index >= 15 is 0 Å². The zero-order chi connectivity index (χ0) is 24.4. The maximum Gasteiger partial charge on any atom is 0.270 e. The van der Waals surface area contributed by atoms with Gasteiger partial charge in [-0.25, -0.2) is 0 Å². The highest BCUT2D eigenvalue weighted by molar-refractivity contribution is 5.98. The molecule has 0 spiro atoms. The van der Waals surface area contributed by atoms with E-state index in [4.69, 9.17) is 9.68 Å². The Labute approximate surface area is 203 Å². The predicted octanol–water partition coefficient (Wildman–Crippen LogP) is 5.22. The number of amides is 1. The van der Waals surface area contributed by atoms with Crippen LogP contribution in [0.25, 0.3) is 21.9 Å². The summed E-state index contributed by atoms with van der Waals surface area (Å²) in [6.45, 7) is 3.12. The topological polar surface area (TPSA) is 109 Å². The highest BCUT2D eigenvalue weighted by atomic mass is 16.3. The molecule has 0 bridgehead atoms. The Morgan fingerprint density at radius 1 is 1.17 bits per heavy atom. The summed E-state index contributed by atoms with van der Waals surface area (Å²) in [5, 5.41) is 24.1. The number of hydrogen-bond acceptors (Lipinski definition) is 5. The van der Waals surface area contributed by atoms with Crippen molar-refractivity contribution in [2.75, 3.05) is 6.54 Å². The molecule has 1 amide bonds. The fraction of sp³-hybridized carbons (Fsp3) is 0.321. The Morgan fingerprint density at radius 3 is 2.83 bits per heavy atom. The van der Waals surface area contributed by atoms with Crippen LogP contribution >= 0.6 is 0 Å². The molecule has 7 nitrogen and oxygen atoms in total. The number of furan rings is 1. The molecule has 0 unspecified atom stereocenters. The zero-order valence-corrected chi connectivity index (χ0v) is 19.7. The molecule has 1 aliphatic rings. The number of fused-ring (bicyclic) bond motifs is 2. The first-order valence-corrected chi connectivity index (χ1v) is 12.1. The molecule has 0 aliphatic heterocycles. The molecule has 7 heteroatoms. The summed E-state index contributed by atoms with van der Waals surface area (Å²) in [5.74, 6) is 0.644. The van der Waals surface area contributed by atoms with Crippen molar-refractivity contribution in [3.8, 4) is 12.1 Å². The van der Waals surface area contributed by atoms with Gasteiger partial charge < -0.3 is 19.6 Å². The minimum Gasteiger partial charge on any atom is -0.458 e. The summed E-state index contributed by atoms with van der Waals surface area (Å²) in [6, 6.07) is 19.6. The minimum absolute atomic E-state index is 0.0168. The van der Waals surface area contributed by atoms with Gasteiger partial charge in [0, 0.05) is 34.9 Å². The highest BCUT2D eigenvalue weighted by Gasteiger charge is 2.30. The number of carbonyl (C=O) groups excluding carboxylic acids is 1. The second kappa shape index (κ2) is 9.66. The molecule has 2 atom stereocenters. The molecule has 2 aromatic heterocycles. The lowest BCUT2D eigenvalue weighted by Gasteiger charge is -2.37. The van der Waals surface area contributed by atoms with Gasteiger partial charge in [0.15, 0.2) is 0 Å². The van der Waals surface area contributed by atoms with E-state index in [1.807, 2.05) is 48.2 Å². The van der Waals surface area contributed by atoms with Crippen LogP contribution in [0.15, 0.2) is 52.9 Å². The first kappa shape index (κ1) is 22.7. The largest absolute Gasteiger partial charge is 0.458 e. The van der Waals surface area contributed by atoms with Crippen LogP contribution in [-0.2, 0) is 6.54 Å². The lowest BCUT2D eigenvalue weighted by Crippen LogP contribution is -2.46. The van der Waals surface area contributed by atoms with Crippen LogP contribution in [0.5, 0.6) is 0 Å². The third-order valence-corrected chi connectivity index (χ3v) is 7.00. The summed E-state index contributed by atoms with van der Waals surface area (Å²) in [6.07, 6.45) is 3.86. The quantitative estimate of drug-likeness (QED) is 0.406. The van der Waals surface area contributed by atoms with Crippen LogP contribution in [0.3, 0.4) is 0 Å². The van der Waals surface area contributed by atoms with E-state index in [1.54, 1.807) is 12.1 Å². The minimum atomic E-state index is -0.0168. The van der Waals surface area contributed by atoms with Crippen molar-refractivity contribution in [1.82, 2.24) is 15.2 Å². The summed E-state index contributed by atoms with van der Waals surface area (Å²) >= 11 is 0. The number of aromatic nitrogens is 1. The Bertz CT molecular complexity index is 1470. The van der Waals surface area contributed by atoms with Gasteiger partial charge in [0.25, 0.3) is 5.91 Å². The van der Waals surface area contributed by atoms with E-state index in [2.05, 4.69) is 22.4 Å². The van der Waals surface area contributed by atoms with Crippen molar-refractivity contribution in [3.05, 3.63) is 71.1 Å². The molecule has 0 saturated heterocycles. The van der Waals surface area contributed by atoms with Gasteiger partial charge in [-0.15, -0.1) is 0 Å². The van der Waals surface area contributed by atoms with Crippen molar-refractivity contribution in [3.63, 3.8) is 0 Å². The van der Waals surface area contributed by atoms with E-state index in [9.17, 15) is 10.1 Å². The summed E-state index contributed by atoms with van der Waals surface area (Å²) < 4.78 is 5.94. The number of rotatable bonds is 6. The van der Waals surface area contributed by atoms with Crippen molar-refractivity contribution < 1.29 is 9.21 Å². The van der Waals surface area contributed by atoms with Crippen LogP contribution in [-0.4, -0.2) is 34.4 Å². The Hall–Kier alpha value is -4.07. The summed E-state index contributed by atoms with van der Waals surface area (Å²) in [7, 11) is 0. The number of carbonyl (C=O) groups is 1. The first-order chi connectivity index (χ1) is 17.1. The molecular weight excluding hydrogens is 438 g/mol. The van der Waals surface area contributed by atoms with Crippen LogP contribution < -0.4 is 5.32 Å². The van der Waals surface area contributed by atoms with Gasteiger partial charge in [-0.1, -0.05) is 12.1 Å². The molecule has 5 rings (SSSR count). The van der Waals surface area contributed by atoms with Gasteiger partial charge in [-0.2, -0.15) is 10.5 Å². The Balaban J connectivity index is 1.28. The maximum absolute atomic E-state index is 13.4. The third-order valence-electron chi connectivity index (χ3n) is 7.00. The Morgan fingerprint density at radius 2 is 2.03 bits per heavy atom. The molecule has 176 valence electrons. The average molecular weight is 466 g/mol. The van der Waals surface area contributed by atoms with Crippen LogP contribution in [0, 0.1) is 22.7 Å². The van der Waals surface area contributed by atoms with E-state index in [-0.39, 0.29) is 18.0 Å². The molecule has 1 aliphatic carbocycles. The van der Waals surface area contributed by atoms with Gasteiger partial charge in [-0.05, 0) is 69.0 Å². The number of nitrogens with zero attached hydrogens (tertiary/aromatic N) is 3. The van der Waals surface area contributed by atoms with Crippen LogP contribution in [0.1, 0.15) is 60.0 Å². The number of benzene rings is 2. The standard InChI is InChI=1S/C28H27N5O2/c1-2-33(28(34)25-13-19-12-18(15-29)10-11-24(19)32-25)21-7-5-6-20(14-21)31-17-27-23(16-30)22-8-3-4-9-26(22)35-27/h3-4,8-13,20-21,31-32H,2,5-7,14,17H2,1H3/t20-,21+/m1/s1. The number of H-pyrrole nitrogens is 1. The number of aromatic amines is 1. The van der Waals surface area contributed by atoms with Gasteiger partial charge in [0.05, 0.1) is 18.2 Å². The summed E-state index contributed by atoms with van der Waals surface area (Å²) in [5.41, 5.74) is 3.29. The van der Waals surface area contributed by atoms with Gasteiger partial charge in [-0.3, -0.25) is 4.79 Å². The normalized spacial score (nSPS) is 17.8. The fourth-order valence-electron chi connectivity index (χ4n) is 5.25. The molecule has 1 saturated carbocycles. The second-order valence-corrected chi connectivity index (χ2v) is 9.09. The molecule has 2 heterocycles. The zero-order valence-electron chi connectivity index (χ0n) is 19.7. The van der Waals surface area contributed by atoms with E-state index < -0.39 is 0 Å². The maximum atomic E-state index is 13.4. The average Bonchev–Trinajstić information content (AvgIpc) is 3.48. The van der Waals surface area contributed by atoms with Crippen LogP contribution in [0.4, 0.5) is 0 Å². The Kier molecular flexibility index (Phi) is 6.27. The van der Waals surface area contributed by atoms with Crippen molar-refractivity contribution in [1.29, 1.82) is 10.5 Å². The number of hydrogen-bond donors (Lipinski definition) is 2. The van der Waals surface area contributed by atoms with E-state index in [0.717, 1.165) is 47.6 Å². The van der Waals surface area contributed by atoms with E-state index in [1.165, 1.54) is 0 Å². The molecular formula is C28H27N5O2. The van der Waals surface area contributed by atoms with Crippen molar-refractivity contribution >= 4 is 27.8 Å². The molecule has 35 heavy (non-hydrogen) atoms. The molecule has 1 fully saturated rings. The molecule has 2 N–H and O–H groups in total. The molecule has 4 aromatic rings. The second-order valence-electron chi connectivity index (χ2n) is 9.09. The third kappa shape index (κ3) is 4.39. The number of para-hydroxylation sites is 1. The lowest BCUT2D eigenvalue weighted by atomic mass is 9.89. The molecule has 0 radical (unpaired) electrons. The highest BCUT2D eigenvalue weighted by Crippen LogP contribution is 2.28. The lowest BCUT2D eigenvalue weighted by molar-refractivity contribution is 0.0622. The summed E-state index contributed by atoms with van der Waals surface area (Å²) in [4.78, 5) is 18.6. The predicted molar refractivity (Wildman–Crippen MR) is 134 cm³/mol. The monoisotopic (exact) mass is 465 g/mol. The number of nitriles is 2. The smallest absolute Gasteiger partial charge is 0.270 e.